The van der Waals surface area contributed by atoms with E-state index in [4.69, 9.17) is 0 Å². The minimum Gasteiger partial charge on any atom is -0.278 e. The predicted octanol–water partition coefficient (Wildman–Crippen LogP) is 1.90. The van der Waals surface area contributed by atoms with Crippen molar-refractivity contribution in [2.75, 3.05) is 6.54 Å². The highest BCUT2D eigenvalue weighted by Gasteiger charge is 2.28. The summed E-state index contributed by atoms with van der Waals surface area (Å²) in [5.41, 5.74) is 0.725. The van der Waals surface area contributed by atoms with Crippen LogP contribution in [0, 0.1) is 12.7 Å². The van der Waals surface area contributed by atoms with Crippen LogP contribution in [-0.2, 0) is 4.79 Å². The van der Waals surface area contributed by atoms with Gasteiger partial charge in [-0.1, -0.05) is 6.07 Å². The van der Waals surface area contributed by atoms with Crippen molar-refractivity contribution in [1.82, 2.24) is 4.90 Å². The smallest absolute Gasteiger partial charge is 0.263 e. The molecule has 0 aromatic heterocycles. The largest absolute Gasteiger partial charge is 0.278 e. The number of nitrogens with zero attached hydrogens (tertiary/aromatic N) is 1. The molecule has 16 heavy (non-hydrogen) atoms. The number of hydrogen-bond donors (Lipinski definition) is 0. The van der Waals surface area contributed by atoms with E-state index in [9.17, 15) is 14.0 Å². The van der Waals surface area contributed by atoms with E-state index in [0.29, 0.717) is 19.4 Å². The first-order valence-corrected chi connectivity index (χ1v) is 5.20. The highest BCUT2D eigenvalue weighted by Crippen LogP contribution is 2.17. The van der Waals surface area contributed by atoms with E-state index in [2.05, 4.69) is 0 Å². The number of benzene rings is 1. The van der Waals surface area contributed by atoms with Crippen LogP contribution in [0.2, 0.25) is 0 Å². The number of halogens is 1. The fraction of sp³-hybridized carbons (Fsp3) is 0.333. The second kappa shape index (κ2) is 4.04. The Kier molecular flexibility index (Phi) is 2.73. The number of amides is 2. The summed E-state index contributed by atoms with van der Waals surface area (Å²) in [4.78, 5) is 24.3. The Morgan fingerprint density at radius 1 is 1.44 bits per heavy atom. The lowest BCUT2D eigenvalue weighted by Crippen LogP contribution is -2.32. The standard InChI is InChI=1S/C12H12FNO2/c1-8-4-5-9(10(13)7-8)12(16)14-6-2-3-11(14)15/h4-5,7H,2-3,6H2,1H3. The molecule has 0 N–H and O–H groups in total. The Labute approximate surface area is 92.9 Å². The molecule has 1 aromatic rings. The Hall–Kier alpha value is -1.71. The summed E-state index contributed by atoms with van der Waals surface area (Å²) in [5.74, 6) is -1.31. The molecule has 2 rings (SSSR count). The molecule has 84 valence electrons. The van der Waals surface area contributed by atoms with E-state index in [0.717, 1.165) is 10.5 Å². The second-order valence-electron chi connectivity index (χ2n) is 3.94. The summed E-state index contributed by atoms with van der Waals surface area (Å²) >= 11 is 0. The fourth-order valence-corrected chi connectivity index (χ4v) is 1.80. The molecule has 1 aliphatic rings. The second-order valence-corrected chi connectivity index (χ2v) is 3.94. The number of likely N-dealkylation sites (tertiary alicyclic amines) is 1. The van der Waals surface area contributed by atoms with Gasteiger partial charge in [0, 0.05) is 13.0 Å². The Bertz CT molecular complexity index is 456. The molecular weight excluding hydrogens is 209 g/mol. The van der Waals surface area contributed by atoms with E-state index in [1.807, 2.05) is 0 Å². The molecule has 1 saturated heterocycles. The van der Waals surface area contributed by atoms with Crippen molar-refractivity contribution in [3.8, 4) is 0 Å². The van der Waals surface area contributed by atoms with Crippen LogP contribution < -0.4 is 0 Å². The summed E-state index contributed by atoms with van der Waals surface area (Å²) in [6.07, 6.45) is 1.04. The SMILES string of the molecule is Cc1ccc(C(=O)N2CCCC2=O)c(F)c1. The average molecular weight is 221 g/mol. The van der Waals surface area contributed by atoms with Crippen molar-refractivity contribution >= 4 is 11.8 Å². The maximum atomic E-state index is 13.5. The van der Waals surface area contributed by atoms with Crippen molar-refractivity contribution in [2.24, 2.45) is 0 Å². The Morgan fingerprint density at radius 3 is 2.75 bits per heavy atom. The number of aryl methyl sites for hydroxylation is 1. The van der Waals surface area contributed by atoms with Crippen LogP contribution in [0.5, 0.6) is 0 Å². The van der Waals surface area contributed by atoms with Crippen LogP contribution in [0.1, 0.15) is 28.8 Å². The van der Waals surface area contributed by atoms with Crippen molar-refractivity contribution in [3.63, 3.8) is 0 Å². The molecule has 3 nitrogen and oxygen atoms in total. The van der Waals surface area contributed by atoms with Gasteiger partial charge in [0.15, 0.2) is 0 Å². The van der Waals surface area contributed by atoms with Crippen molar-refractivity contribution in [2.45, 2.75) is 19.8 Å². The molecule has 0 radical (unpaired) electrons. The van der Waals surface area contributed by atoms with Crippen molar-refractivity contribution in [1.29, 1.82) is 0 Å². The van der Waals surface area contributed by atoms with E-state index in [-0.39, 0.29) is 11.5 Å². The van der Waals surface area contributed by atoms with Gasteiger partial charge in [-0.2, -0.15) is 0 Å². The molecule has 0 unspecified atom stereocenters. The third-order valence-electron chi connectivity index (χ3n) is 2.67. The normalized spacial score (nSPS) is 15.6. The maximum Gasteiger partial charge on any atom is 0.263 e. The highest BCUT2D eigenvalue weighted by molar-refractivity contribution is 6.05. The zero-order valence-corrected chi connectivity index (χ0v) is 9.00. The molecular formula is C12H12FNO2. The van der Waals surface area contributed by atoms with Gasteiger partial charge in [0.1, 0.15) is 5.82 Å². The van der Waals surface area contributed by atoms with E-state index in [1.54, 1.807) is 13.0 Å². The van der Waals surface area contributed by atoms with Gasteiger partial charge in [0.2, 0.25) is 5.91 Å². The van der Waals surface area contributed by atoms with Crippen LogP contribution in [0.25, 0.3) is 0 Å². The molecule has 2 amide bonds. The Morgan fingerprint density at radius 2 is 2.19 bits per heavy atom. The molecule has 0 spiro atoms. The molecule has 0 saturated carbocycles. The molecule has 1 heterocycles. The quantitative estimate of drug-likeness (QED) is 0.679. The third-order valence-corrected chi connectivity index (χ3v) is 2.67. The summed E-state index contributed by atoms with van der Waals surface area (Å²) in [6, 6.07) is 4.39. The molecule has 0 atom stereocenters. The molecule has 0 aliphatic carbocycles. The van der Waals surface area contributed by atoms with Gasteiger partial charge in [-0.05, 0) is 31.0 Å². The number of imide groups is 1. The van der Waals surface area contributed by atoms with Crippen LogP contribution in [0.3, 0.4) is 0 Å². The summed E-state index contributed by atoms with van der Waals surface area (Å²) in [6.45, 7) is 2.14. The molecule has 1 aromatic carbocycles. The zero-order chi connectivity index (χ0) is 11.7. The lowest BCUT2D eigenvalue weighted by molar-refractivity contribution is -0.125. The first-order chi connectivity index (χ1) is 7.59. The topological polar surface area (TPSA) is 37.4 Å². The van der Waals surface area contributed by atoms with Gasteiger partial charge in [0.05, 0.1) is 5.56 Å². The van der Waals surface area contributed by atoms with Gasteiger partial charge in [-0.15, -0.1) is 0 Å². The van der Waals surface area contributed by atoms with Gasteiger partial charge >= 0.3 is 0 Å². The lowest BCUT2D eigenvalue weighted by Gasteiger charge is -2.13. The van der Waals surface area contributed by atoms with Crippen LogP contribution in [0.4, 0.5) is 4.39 Å². The van der Waals surface area contributed by atoms with Crippen molar-refractivity contribution in [3.05, 3.63) is 35.1 Å². The maximum absolute atomic E-state index is 13.5. The van der Waals surface area contributed by atoms with Gasteiger partial charge in [0.25, 0.3) is 5.91 Å². The monoisotopic (exact) mass is 221 g/mol. The van der Waals surface area contributed by atoms with Gasteiger partial charge < -0.3 is 0 Å². The summed E-state index contributed by atoms with van der Waals surface area (Å²) in [5, 5.41) is 0. The minimum atomic E-state index is -0.565. The number of carbonyl (C=O) groups excluding carboxylic acids is 2. The van der Waals surface area contributed by atoms with E-state index < -0.39 is 11.7 Å². The van der Waals surface area contributed by atoms with Crippen LogP contribution in [-0.4, -0.2) is 23.3 Å². The molecule has 1 fully saturated rings. The number of hydrogen-bond acceptors (Lipinski definition) is 2. The van der Waals surface area contributed by atoms with Crippen molar-refractivity contribution < 1.29 is 14.0 Å². The van der Waals surface area contributed by atoms with E-state index in [1.165, 1.54) is 12.1 Å². The minimum absolute atomic E-state index is 0.0270. The molecule has 4 heteroatoms. The number of rotatable bonds is 1. The number of carbonyl (C=O) groups is 2. The molecule has 1 aliphatic heterocycles. The predicted molar refractivity (Wildman–Crippen MR) is 56.4 cm³/mol. The van der Waals surface area contributed by atoms with Gasteiger partial charge in [-0.25, -0.2) is 4.39 Å². The zero-order valence-electron chi connectivity index (χ0n) is 9.00. The summed E-state index contributed by atoms with van der Waals surface area (Å²) < 4.78 is 13.5. The van der Waals surface area contributed by atoms with Crippen LogP contribution >= 0.6 is 0 Å². The van der Waals surface area contributed by atoms with Crippen LogP contribution in [0.15, 0.2) is 18.2 Å². The highest BCUT2D eigenvalue weighted by atomic mass is 19.1. The lowest BCUT2D eigenvalue weighted by atomic mass is 10.1. The third kappa shape index (κ3) is 1.83. The van der Waals surface area contributed by atoms with Gasteiger partial charge in [-0.3, -0.25) is 14.5 Å². The fourth-order valence-electron chi connectivity index (χ4n) is 1.80. The Balaban J connectivity index is 2.30. The average Bonchev–Trinajstić information content (AvgIpc) is 2.63. The first-order valence-electron chi connectivity index (χ1n) is 5.20. The molecule has 0 bridgehead atoms. The van der Waals surface area contributed by atoms with E-state index >= 15 is 0 Å². The summed E-state index contributed by atoms with van der Waals surface area (Å²) in [7, 11) is 0. The first kappa shape index (κ1) is 10.8.